The average Bonchev–Trinajstić information content (AvgIpc) is 3.31. The van der Waals surface area contributed by atoms with Crippen LogP contribution in [0.3, 0.4) is 0 Å². The molecule has 0 bridgehead atoms. The first-order valence-corrected chi connectivity index (χ1v) is 10.5. The number of aryl methyl sites for hydroxylation is 2. The van der Waals surface area contributed by atoms with Gasteiger partial charge in [0.2, 0.25) is 0 Å². The van der Waals surface area contributed by atoms with Gasteiger partial charge < -0.3 is 5.32 Å². The van der Waals surface area contributed by atoms with Crippen molar-refractivity contribution in [3.05, 3.63) is 43.8 Å². The van der Waals surface area contributed by atoms with Crippen LogP contribution in [0.1, 0.15) is 57.2 Å². The Balaban J connectivity index is 1.65. The number of hydrogen-bond acceptors (Lipinski definition) is 4. The van der Waals surface area contributed by atoms with Crippen LogP contribution >= 0.6 is 22.7 Å². The Hall–Kier alpha value is -1.17. The van der Waals surface area contributed by atoms with E-state index in [4.69, 9.17) is 0 Å². The first-order valence-electron chi connectivity index (χ1n) is 8.84. The molecule has 0 spiro atoms. The summed E-state index contributed by atoms with van der Waals surface area (Å²) in [5.41, 5.74) is 1.32. The third-order valence-corrected chi connectivity index (χ3v) is 6.74. The molecule has 3 rings (SSSR count). The maximum atomic E-state index is 12.6. The molecule has 1 amide bonds. The molecule has 24 heavy (non-hydrogen) atoms. The van der Waals surface area contributed by atoms with E-state index in [-0.39, 0.29) is 5.91 Å². The molecule has 1 aliphatic rings. The fourth-order valence-corrected chi connectivity index (χ4v) is 5.22. The zero-order valence-electron chi connectivity index (χ0n) is 14.5. The molecule has 0 aliphatic carbocycles. The van der Waals surface area contributed by atoms with Crippen LogP contribution in [0.5, 0.6) is 0 Å². The van der Waals surface area contributed by atoms with Crippen LogP contribution < -0.4 is 5.32 Å². The van der Waals surface area contributed by atoms with Crippen LogP contribution in [0.4, 0.5) is 0 Å². The number of rotatable bonds is 7. The maximum absolute atomic E-state index is 12.6. The average molecular weight is 363 g/mol. The van der Waals surface area contributed by atoms with Crippen molar-refractivity contribution >= 4 is 28.6 Å². The summed E-state index contributed by atoms with van der Waals surface area (Å²) in [6, 6.07) is 6.68. The topological polar surface area (TPSA) is 32.3 Å². The number of nitrogens with one attached hydrogen (secondary N) is 1. The van der Waals surface area contributed by atoms with Gasteiger partial charge in [0, 0.05) is 16.3 Å². The highest BCUT2D eigenvalue weighted by atomic mass is 32.1. The molecule has 5 heteroatoms. The minimum Gasteiger partial charge on any atom is -0.349 e. The van der Waals surface area contributed by atoms with Gasteiger partial charge in [-0.1, -0.05) is 19.4 Å². The molecule has 1 aliphatic heterocycles. The van der Waals surface area contributed by atoms with Crippen molar-refractivity contribution in [2.75, 3.05) is 19.6 Å². The van der Waals surface area contributed by atoms with Gasteiger partial charge in [-0.05, 0) is 62.4 Å². The Morgan fingerprint density at radius 1 is 1.38 bits per heavy atom. The monoisotopic (exact) mass is 362 g/mol. The van der Waals surface area contributed by atoms with E-state index >= 15 is 0 Å². The molecule has 2 aromatic heterocycles. The summed E-state index contributed by atoms with van der Waals surface area (Å²) in [4.78, 5) is 18.6. The Labute approximate surface area is 152 Å². The minimum atomic E-state index is 0.0752. The van der Waals surface area contributed by atoms with E-state index in [0.717, 1.165) is 30.8 Å². The molecule has 0 radical (unpaired) electrons. The van der Waals surface area contributed by atoms with Crippen molar-refractivity contribution in [3.8, 4) is 0 Å². The van der Waals surface area contributed by atoms with E-state index in [1.54, 1.807) is 22.7 Å². The number of likely N-dealkylation sites (tertiary alicyclic amines) is 1. The molecule has 1 atom stereocenters. The lowest BCUT2D eigenvalue weighted by molar-refractivity contribution is 0.0942. The molecule has 1 fully saturated rings. The van der Waals surface area contributed by atoms with Crippen molar-refractivity contribution in [3.63, 3.8) is 0 Å². The fourth-order valence-electron chi connectivity index (χ4n) is 3.37. The van der Waals surface area contributed by atoms with Crippen molar-refractivity contribution in [2.45, 2.75) is 45.6 Å². The number of nitrogens with zero attached hydrogens (tertiary/aromatic N) is 1. The predicted octanol–water partition coefficient (Wildman–Crippen LogP) is 4.64. The van der Waals surface area contributed by atoms with E-state index in [2.05, 4.69) is 47.6 Å². The molecule has 1 saturated heterocycles. The van der Waals surface area contributed by atoms with Gasteiger partial charge in [0.25, 0.3) is 5.91 Å². The summed E-state index contributed by atoms with van der Waals surface area (Å²) in [6.45, 7) is 7.26. The highest BCUT2D eigenvalue weighted by Crippen LogP contribution is 2.28. The second-order valence-corrected chi connectivity index (χ2v) is 8.66. The summed E-state index contributed by atoms with van der Waals surface area (Å²) in [6.07, 6.45) is 4.70. The molecular formula is C19H26N2OS2. The largest absolute Gasteiger partial charge is 0.349 e. The lowest BCUT2D eigenvalue weighted by Gasteiger charge is -2.26. The van der Waals surface area contributed by atoms with Crippen LogP contribution in [-0.2, 0) is 6.42 Å². The molecule has 0 saturated carbocycles. The molecular weight excluding hydrogens is 336 g/mol. The molecule has 130 valence electrons. The summed E-state index contributed by atoms with van der Waals surface area (Å²) in [7, 11) is 0. The lowest BCUT2D eigenvalue weighted by Crippen LogP contribution is -2.36. The van der Waals surface area contributed by atoms with Gasteiger partial charge in [-0.2, -0.15) is 0 Å². The number of amides is 1. The second-order valence-electron chi connectivity index (χ2n) is 6.43. The Morgan fingerprint density at radius 3 is 2.83 bits per heavy atom. The molecule has 0 aromatic carbocycles. The first-order chi connectivity index (χ1) is 11.7. The molecule has 1 unspecified atom stereocenters. The molecule has 1 N–H and O–H groups in total. The van der Waals surface area contributed by atoms with Gasteiger partial charge in [0.1, 0.15) is 0 Å². The highest BCUT2D eigenvalue weighted by Gasteiger charge is 2.25. The van der Waals surface area contributed by atoms with Gasteiger partial charge in [-0.3, -0.25) is 9.69 Å². The van der Waals surface area contributed by atoms with E-state index in [1.807, 2.05) is 0 Å². The summed E-state index contributed by atoms with van der Waals surface area (Å²) < 4.78 is 0. The number of hydrogen-bond donors (Lipinski definition) is 1. The maximum Gasteiger partial charge on any atom is 0.261 e. The van der Waals surface area contributed by atoms with Crippen LogP contribution in [0.25, 0.3) is 0 Å². The van der Waals surface area contributed by atoms with Crippen LogP contribution in [0.2, 0.25) is 0 Å². The summed E-state index contributed by atoms with van der Waals surface area (Å²) >= 11 is 3.41. The van der Waals surface area contributed by atoms with Gasteiger partial charge >= 0.3 is 0 Å². The van der Waals surface area contributed by atoms with Gasteiger partial charge in [-0.25, -0.2) is 0 Å². The van der Waals surface area contributed by atoms with Gasteiger partial charge in [0.05, 0.1) is 10.9 Å². The Kier molecular flexibility index (Phi) is 6.09. The minimum absolute atomic E-state index is 0.0752. The number of thiophene rings is 2. The van der Waals surface area contributed by atoms with Crippen LogP contribution in [-0.4, -0.2) is 30.4 Å². The normalized spacial score (nSPS) is 16.4. The fraction of sp³-hybridized carbons (Fsp3) is 0.526. The van der Waals surface area contributed by atoms with Crippen molar-refractivity contribution < 1.29 is 4.79 Å². The smallest absolute Gasteiger partial charge is 0.261 e. The van der Waals surface area contributed by atoms with Crippen molar-refractivity contribution in [1.82, 2.24) is 10.2 Å². The molecule has 2 aromatic rings. The van der Waals surface area contributed by atoms with Crippen LogP contribution in [0, 0.1) is 6.92 Å². The van der Waals surface area contributed by atoms with E-state index in [0.29, 0.717) is 12.6 Å². The number of carbonyl (C=O) groups is 1. The highest BCUT2D eigenvalue weighted by molar-refractivity contribution is 7.14. The Bertz CT molecular complexity index is 657. The van der Waals surface area contributed by atoms with Crippen molar-refractivity contribution in [1.29, 1.82) is 0 Å². The second kappa shape index (κ2) is 8.28. The lowest BCUT2D eigenvalue weighted by atomic mass is 10.1. The Morgan fingerprint density at radius 2 is 2.17 bits per heavy atom. The van der Waals surface area contributed by atoms with Crippen LogP contribution in [0.15, 0.2) is 23.6 Å². The summed E-state index contributed by atoms with van der Waals surface area (Å²) in [5.74, 6) is 0.0752. The van der Waals surface area contributed by atoms with Gasteiger partial charge in [-0.15, -0.1) is 22.7 Å². The number of carbonyl (C=O) groups excluding carboxylic acids is 1. The molecule has 3 nitrogen and oxygen atoms in total. The third-order valence-electron chi connectivity index (χ3n) is 4.67. The SMILES string of the molecule is CCCc1cc(C(=O)NCC(c2cccs2)N2CCCC2)sc1C. The zero-order valence-corrected chi connectivity index (χ0v) is 16.1. The van der Waals surface area contributed by atoms with E-state index in [1.165, 1.54) is 28.2 Å². The first kappa shape index (κ1) is 17.6. The summed E-state index contributed by atoms with van der Waals surface area (Å²) in [5, 5.41) is 5.31. The zero-order chi connectivity index (χ0) is 16.9. The van der Waals surface area contributed by atoms with E-state index in [9.17, 15) is 4.79 Å². The molecule has 3 heterocycles. The third kappa shape index (κ3) is 4.08. The predicted molar refractivity (Wildman–Crippen MR) is 103 cm³/mol. The quantitative estimate of drug-likeness (QED) is 0.778. The van der Waals surface area contributed by atoms with E-state index < -0.39 is 0 Å². The van der Waals surface area contributed by atoms with Gasteiger partial charge in [0.15, 0.2) is 0 Å². The standard InChI is InChI=1S/C19H26N2OS2/c1-3-7-15-12-18(24-14(15)2)19(22)20-13-16(17-8-6-11-23-17)21-9-4-5-10-21/h6,8,11-12,16H,3-5,7,9-10,13H2,1-2H3,(H,20,22). The van der Waals surface area contributed by atoms with Crippen molar-refractivity contribution in [2.24, 2.45) is 0 Å².